The fraction of sp³-hybridized carbons (Fsp3) is 1.00. The molecule has 0 aliphatic carbocycles. The van der Waals surface area contributed by atoms with Crippen molar-refractivity contribution in [1.82, 2.24) is 0 Å². The lowest BCUT2D eigenvalue weighted by molar-refractivity contribution is -0.369. The van der Waals surface area contributed by atoms with Crippen LogP contribution in [0.4, 0.5) is 0 Å². The summed E-state index contributed by atoms with van der Waals surface area (Å²) in [5.74, 6) is 0.110. The third kappa shape index (κ3) is 3.96. The highest BCUT2D eigenvalue weighted by atomic mass is 32.1. The third-order valence-electron chi connectivity index (χ3n) is 3.97. The van der Waals surface area contributed by atoms with Crippen LogP contribution in [0.15, 0.2) is 0 Å². The molecule has 0 spiro atoms. The number of aliphatic hydroxyl groups excluding tert-OH is 6. The molecule has 0 radical (unpaired) electrons. The van der Waals surface area contributed by atoms with Gasteiger partial charge in [-0.05, 0) is 0 Å². The molecule has 0 aromatic rings. The lowest BCUT2D eigenvalue weighted by Crippen LogP contribution is -2.63. The van der Waals surface area contributed by atoms with E-state index in [0.717, 1.165) is 0 Å². The molecule has 9 nitrogen and oxygen atoms in total. The summed E-state index contributed by atoms with van der Waals surface area (Å²) in [5.41, 5.74) is 0. The van der Waals surface area contributed by atoms with E-state index in [-0.39, 0.29) is 11.5 Å². The molecule has 0 aromatic heterocycles. The Morgan fingerprint density at radius 2 is 0.957 bits per heavy atom. The normalized spacial score (nSPS) is 51.7. The van der Waals surface area contributed by atoms with Crippen LogP contribution in [0, 0.1) is 0 Å². The van der Waals surface area contributed by atoms with Crippen molar-refractivity contribution in [2.24, 2.45) is 0 Å². The molecule has 2 aliphatic rings. The summed E-state index contributed by atoms with van der Waals surface area (Å²) in [4.78, 5) is 0. The Labute approximate surface area is 143 Å². The van der Waals surface area contributed by atoms with Gasteiger partial charge in [0.2, 0.25) is 0 Å². The summed E-state index contributed by atoms with van der Waals surface area (Å²) in [7, 11) is 0. The standard InChI is InChI=1S/C12H22O9S2/c13-5-3(1-22)19-11(9(17)7(5)15)21-12-10(18)8(16)6(14)4(2-23)20-12/h3-18,22-23H,1-2H2/t3-,4?,5?,6?,7?,8?,9?,10?,11+,12?/m1/s1. The monoisotopic (exact) mass is 374 g/mol. The lowest BCUT2D eigenvalue weighted by Gasteiger charge is -2.44. The first-order chi connectivity index (χ1) is 10.8. The summed E-state index contributed by atoms with van der Waals surface area (Å²) < 4.78 is 15.9. The molecule has 0 aromatic carbocycles. The summed E-state index contributed by atoms with van der Waals surface area (Å²) in [5, 5.41) is 58.9. The van der Waals surface area contributed by atoms with Gasteiger partial charge in [-0.3, -0.25) is 0 Å². The van der Waals surface area contributed by atoms with Crippen LogP contribution in [-0.4, -0.2) is 104 Å². The van der Waals surface area contributed by atoms with Gasteiger partial charge < -0.3 is 44.8 Å². The SMILES string of the molecule is OC1C(CS)OC(O[C@@H]2O[C@H](CS)C(O)C(O)C2O)C(O)C1O. The first kappa shape index (κ1) is 19.7. The predicted octanol–water partition coefficient (Wildman–Crippen LogP) is -3.52. The van der Waals surface area contributed by atoms with Crippen molar-refractivity contribution in [2.75, 3.05) is 11.5 Å². The van der Waals surface area contributed by atoms with E-state index in [2.05, 4.69) is 25.3 Å². The Kier molecular flexibility index (Phi) is 6.96. The van der Waals surface area contributed by atoms with Crippen LogP contribution in [0.3, 0.4) is 0 Å². The van der Waals surface area contributed by atoms with Crippen molar-refractivity contribution < 1.29 is 44.8 Å². The average Bonchev–Trinajstić information content (AvgIpc) is 2.55. The zero-order chi connectivity index (χ0) is 17.3. The van der Waals surface area contributed by atoms with Gasteiger partial charge in [0.05, 0.1) is 12.2 Å². The minimum absolute atomic E-state index is 0.0550. The van der Waals surface area contributed by atoms with E-state index < -0.39 is 61.4 Å². The number of hydrogen-bond donors (Lipinski definition) is 8. The molecule has 0 saturated carbocycles. The number of hydrogen-bond acceptors (Lipinski definition) is 11. The number of rotatable bonds is 4. The fourth-order valence-corrected chi connectivity index (χ4v) is 3.10. The van der Waals surface area contributed by atoms with Crippen molar-refractivity contribution in [3.05, 3.63) is 0 Å². The Balaban J connectivity index is 2.07. The van der Waals surface area contributed by atoms with Crippen LogP contribution in [0.1, 0.15) is 0 Å². The molecule has 2 fully saturated rings. The van der Waals surface area contributed by atoms with Crippen molar-refractivity contribution >= 4 is 25.3 Å². The molecule has 23 heavy (non-hydrogen) atoms. The smallest absolute Gasteiger partial charge is 0.189 e. The van der Waals surface area contributed by atoms with Crippen LogP contribution >= 0.6 is 25.3 Å². The molecule has 2 aliphatic heterocycles. The van der Waals surface area contributed by atoms with Gasteiger partial charge in [-0.15, -0.1) is 0 Å². The molecule has 0 amide bonds. The zero-order valence-electron chi connectivity index (χ0n) is 12.0. The minimum atomic E-state index is -1.60. The van der Waals surface area contributed by atoms with E-state index in [9.17, 15) is 30.6 Å². The second-order valence-corrected chi connectivity index (χ2v) is 6.26. The van der Waals surface area contributed by atoms with Gasteiger partial charge in [0.1, 0.15) is 36.6 Å². The topological polar surface area (TPSA) is 149 Å². The molecule has 8 unspecified atom stereocenters. The molecular weight excluding hydrogens is 352 g/mol. The summed E-state index contributed by atoms with van der Waals surface area (Å²) in [6.45, 7) is 0. The highest BCUT2D eigenvalue weighted by Crippen LogP contribution is 2.28. The van der Waals surface area contributed by atoms with Crippen molar-refractivity contribution in [1.29, 1.82) is 0 Å². The van der Waals surface area contributed by atoms with Gasteiger partial charge in [-0.1, -0.05) is 0 Å². The first-order valence-electron chi connectivity index (χ1n) is 7.08. The second kappa shape index (κ2) is 8.15. The van der Waals surface area contributed by atoms with Gasteiger partial charge in [-0.25, -0.2) is 0 Å². The van der Waals surface area contributed by atoms with Crippen LogP contribution in [0.5, 0.6) is 0 Å². The zero-order valence-corrected chi connectivity index (χ0v) is 13.8. The Bertz CT molecular complexity index is 352. The fourth-order valence-electron chi connectivity index (χ4n) is 2.49. The first-order valence-corrected chi connectivity index (χ1v) is 8.34. The predicted molar refractivity (Wildman–Crippen MR) is 82.2 cm³/mol. The van der Waals surface area contributed by atoms with E-state index in [0.29, 0.717) is 0 Å². The molecule has 136 valence electrons. The van der Waals surface area contributed by atoms with Crippen LogP contribution in [0.25, 0.3) is 0 Å². The maximum absolute atomic E-state index is 9.93. The lowest BCUT2D eigenvalue weighted by atomic mass is 9.98. The molecule has 2 saturated heterocycles. The van der Waals surface area contributed by atoms with Crippen LogP contribution < -0.4 is 0 Å². The Morgan fingerprint density at radius 3 is 1.26 bits per heavy atom. The number of thiol groups is 2. The number of ether oxygens (including phenoxy) is 3. The van der Waals surface area contributed by atoms with Crippen LogP contribution in [0.2, 0.25) is 0 Å². The minimum Gasteiger partial charge on any atom is -0.388 e. The molecule has 2 rings (SSSR count). The van der Waals surface area contributed by atoms with E-state index in [1.54, 1.807) is 0 Å². The van der Waals surface area contributed by atoms with Crippen molar-refractivity contribution in [3.63, 3.8) is 0 Å². The van der Waals surface area contributed by atoms with Gasteiger partial charge in [0.25, 0.3) is 0 Å². The Hall–Kier alpha value is 0.340. The van der Waals surface area contributed by atoms with Gasteiger partial charge in [-0.2, -0.15) is 25.3 Å². The van der Waals surface area contributed by atoms with Gasteiger partial charge in [0, 0.05) is 11.5 Å². The van der Waals surface area contributed by atoms with Gasteiger partial charge >= 0.3 is 0 Å². The van der Waals surface area contributed by atoms with E-state index in [1.165, 1.54) is 0 Å². The van der Waals surface area contributed by atoms with E-state index in [1.807, 2.05) is 0 Å². The van der Waals surface area contributed by atoms with E-state index >= 15 is 0 Å². The highest BCUT2D eigenvalue weighted by molar-refractivity contribution is 7.80. The summed E-state index contributed by atoms with van der Waals surface area (Å²) in [6.07, 6.45) is -13.6. The molecule has 11 heteroatoms. The largest absolute Gasteiger partial charge is 0.388 e. The molecule has 2 heterocycles. The van der Waals surface area contributed by atoms with Crippen LogP contribution in [-0.2, 0) is 14.2 Å². The molecule has 0 bridgehead atoms. The maximum atomic E-state index is 9.93. The quantitative estimate of drug-likeness (QED) is 0.234. The second-order valence-electron chi connectivity index (χ2n) is 5.53. The molecular formula is C12H22O9S2. The van der Waals surface area contributed by atoms with E-state index in [4.69, 9.17) is 14.2 Å². The van der Waals surface area contributed by atoms with Gasteiger partial charge in [0.15, 0.2) is 12.6 Å². The maximum Gasteiger partial charge on any atom is 0.189 e. The third-order valence-corrected chi connectivity index (χ3v) is 4.68. The van der Waals surface area contributed by atoms with Crippen molar-refractivity contribution in [3.8, 4) is 0 Å². The Morgan fingerprint density at radius 1 is 0.609 bits per heavy atom. The molecule has 6 N–H and O–H groups in total. The average molecular weight is 374 g/mol. The molecule has 10 atom stereocenters. The van der Waals surface area contributed by atoms with Crippen molar-refractivity contribution in [2.45, 2.75) is 61.4 Å². The summed E-state index contributed by atoms with van der Waals surface area (Å²) in [6, 6.07) is 0. The summed E-state index contributed by atoms with van der Waals surface area (Å²) >= 11 is 7.95. The number of aliphatic hydroxyl groups is 6. The highest BCUT2D eigenvalue weighted by Gasteiger charge is 2.49.